The van der Waals surface area contributed by atoms with Crippen molar-refractivity contribution in [2.24, 2.45) is 0 Å². The third-order valence-corrected chi connectivity index (χ3v) is 2.60. The molecule has 0 saturated carbocycles. The average Bonchev–Trinajstić information content (AvgIpc) is 2.36. The maximum absolute atomic E-state index is 12.8. The van der Waals surface area contributed by atoms with Crippen LogP contribution in [0.15, 0.2) is 6.07 Å². The van der Waals surface area contributed by atoms with E-state index in [0.29, 0.717) is 13.1 Å². The molecule has 0 aliphatic heterocycles. The van der Waals surface area contributed by atoms with Crippen molar-refractivity contribution in [2.45, 2.75) is 32.5 Å². The molecule has 0 bridgehead atoms. The lowest BCUT2D eigenvalue weighted by molar-refractivity contribution is -0.141. The molecule has 1 heterocycles. The molecule has 0 spiro atoms. The zero-order valence-electron chi connectivity index (χ0n) is 11.9. The minimum Gasteiger partial charge on any atom is -0.377 e. The first-order valence-corrected chi connectivity index (χ1v) is 6.17. The number of alkyl halides is 3. The van der Waals surface area contributed by atoms with Gasteiger partial charge in [-0.15, -0.1) is 0 Å². The summed E-state index contributed by atoms with van der Waals surface area (Å²) < 4.78 is 43.5. The van der Waals surface area contributed by atoms with E-state index in [9.17, 15) is 13.2 Å². The lowest BCUT2D eigenvalue weighted by atomic mass is 10.1. The summed E-state index contributed by atoms with van der Waals surface area (Å²) in [5.74, 6) is 0.0495. The van der Waals surface area contributed by atoms with Crippen LogP contribution >= 0.6 is 0 Å². The van der Waals surface area contributed by atoms with E-state index in [0.717, 1.165) is 6.07 Å². The van der Waals surface area contributed by atoms with E-state index in [1.165, 1.54) is 7.11 Å². The molecule has 20 heavy (non-hydrogen) atoms. The van der Waals surface area contributed by atoms with Gasteiger partial charge in [-0.3, -0.25) is 0 Å². The van der Waals surface area contributed by atoms with Crippen molar-refractivity contribution in [1.82, 2.24) is 9.97 Å². The Morgan fingerprint density at radius 2 is 1.85 bits per heavy atom. The largest absolute Gasteiger partial charge is 0.433 e. The average molecular weight is 292 g/mol. The number of aromatic nitrogens is 2. The lowest BCUT2D eigenvalue weighted by Gasteiger charge is -2.23. The number of hydrogen-bond donors (Lipinski definition) is 2. The Bertz CT molecular complexity index is 449. The van der Waals surface area contributed by atoms with Crippen molar-refractivity contribution in [1.29, 1.82) is 0 Å². The smallest absolute Gasteiger partial charge is 0.377 e. The highest BCUT2D eigenvalue weighted by Gasteiger charge is 2.33. The van der Waals surface area contributed by atoms with Gasteiger partial charge in [0.25, 0.3) is 0 Å². The summed E-state index contributed by atoms with van der Waals surface area (Å²) in [6, 6.07) is 0.882. The molecular weight excluding hydrogens is 273 g/mol. The first kappa shape index (κ1) is 16.5. The molecule has 0 saturated heterocycles. The zero-order valence-corrected chi connectivity index (χ0v) is 11.9. The Morgan fingerprint density at radius 3 is 2.35 bits per heavy atom. The molecule has 1 aromatic heterocycles. The van der Waals surface area contributed by atoms with E-state index < -0.39 is 17.5 Å². The fourth-order valence-corrected chi connectivity index (χ4v) is 1.30. The van der Waals surface area contributed by atoms with Gasteiger partial charge in [0, 0.05) is 26.3 Å². The van der Waals surface area contributed by atoms with E-state index in [4.69, 9.17) is 4.74 Å². The second-order valence-electron chi connectivity index (χ2n) is 4.81. The second kappa shape index (κ2) is 6.25. The molecule has 0 atom stereocenters. The van der Waals surface area contributed by atoms with Gasteiger partial charge in [-0.1, -0.05) is 0 Å². The molecular formula is C12H19F3N4O. The van der Waals surface area contributed by atoms with Crippen LogP contribution in [0.4, 0.5) is 24.9 Å². The number of methoxy groups -OCH3 is 1. The van der Waals surface area contributed by atoms with E-state index >= 15 is 0 Å². The fraction of sp³-hybridized carbons (Fsp3) is 0.667. The first-order chi connectivity index (χ1) is 9.18. The van der Waals surface area contributed by atoms with Crippen LogP contribution in [0.1, 0.15) is 26.5 Å². The number of nitrogens with one attached hydrogen (secondary N) is 2. The van der Waals surface area contributed by atoms with Crippen molar-refractivity contribution in [2.75, 3.05) is 30.8 Å². The van der Waals surface area contributed by atoms with Crippen LogP contribution in [0, 0.1) is 0 Å². The van der Waals surface area contributed by atoms with Crippen LogP contribution in [-0.2, 0) is 10.9 Å². The van der Waals surface area contributed by atoms with Gasteiger partial charge in [-0.25, -0.2) is 4.98 Å². The molecule has 0 radical (unpaired) electrons. The number of nitrogens with zero attached hydrogens (tertiary/aromatic N) is 2. The number of ether oxygens (including phenoxy) is 1. The van der Waals surface area contributed by atoms with Crippen LogP contribution in [0.2, 0.25) is 0 Å². The van der Waals surface area contributed by atoms with Crippen LogP contribution in [0.5, 0.6) is 0 Å². The molecule has 0 amide bonds. The zero-order chi connectivity index (χ0) is 15.4. The highest BCUT2D eigenvalue weighted by atomic mass is 19.4. The Balaban J connectivity index is 2.97. The van der Waals surface area contributed by atoms with E-state index in [1.54, 1.807) is 6.92 Å². The minimum atomic E-state index is -4.51. The molecule has 0 fully saturated rings. The van der Waals surface area contributed by atoms with Gasteiger partial charge < -0.3 is 15.4 Å². The Kier molecular flexibility index (Phi) is 5.15. The van der Waals surface area contributed by atoms with Crippen molar-refractivity contribution in [3.05, 3.63) is 11.8 Å². The van der Waals surface area contributed by atoms with Gasteiger partial charge in [0.05, 0.1) is 5.60 Å². The van der Waals surface area contributed by atoms with Gasteiger partial charge in [-0.2, -0.15) is 18.2 Å². The maximum Gasteiger partial charge on any atom is 0.433 e. The normalized spacial score (nSPS) is 12.3. The molecule has 8 heteroatoms. The molecule has 0 aromatic carbocycles. The van der Waals surface area contributed by atoms with Crippen LogP contribution in [-0.4, -0.2) is 35.8 Å². The molecule has 5 nitrogen and oxygen atoms in total. The molecule has 2 N–H and O–H groups in total. The summed E-state index contributed by atoms with van der Waals surface area (Å²) in [5, 5.41) is 5.51. The van der Waals surface area contributed by atoms with Gasteiger partial charge >= 0.3 is 6.18 Å². The van der Waals surface area contributed by atoms with Gasteiger partial charge in [0.1, 0.15) is 5.82 Å². The molecule has 114 valence electrons. The topological polar surface area (TPSA) is 59.1 Å². The second-order valence-corrected chi connectivity index (χ2v) is 4.81. The number of hydrogen-bond acceptors (Lipinski definition) is 5. The van der Waals surface area contributed by atoms with Gasteiger partial charge in [-0.05, 0) is 20.8 Å². The Morgan fingerprint density at radius 1 is 1.20 bits per heavy atom. The first-order valence-electron chi connectivity index (χ1n) is 6.17. The van der Waals surface area contributed by atoms with E-state index in [2.05, 4.69) is 20.6 Å². The summed E-state index contributed by atoms with van der Waals surface area (Å²) in [6.45, 7) is 6.15. The molecule has 0 unspecified atom stereocenters. The standard InChI is InChI=1S/C12H19F3N4O/c1-5-16-10-18-8(12(13,14)15)6-9(19-10)17-7-11(2,3)20-4/h6H,5,7H2,1-4H3,(H2,16,17,18,19). The summed E-state index contributed by atoms with van der Waals surface area (Å²) in [4.78, 5) is 7.43. The summed E-state index contributed by atoms with van der Waals surface area (Å²) in [7, 11) is 1.53. The molecule has 1 aromatic rings. The number of rotatable bonds is 6. The summed E-state index contributed by atoms with van der Waals surface area (Å²) in [6.07, 6.45) is -4.51. The van der Waals surface area contributed by atoms with Crippen LogP contribution < -0.4 is 10.6 Å². The van der Waals surface area contributed by atoms with Crippen molar-refractivity contribution < 1.29 is 17.9 Å². The van der Waals surface area contributed by atoms with Crippen molar-refractivity contribution >= 4 is 11.8 Å². The highest BCUT2D eigenvalue weighted by Crippen LogP contribution is 2.29. The quantitative estimate of drug-likeness (QED) is 0.844. The molecule has 1 rings (SSSR count). The monoisotopic (exact) mass is 292 g/mol. The minimum absolute atomic E-state index is 0.0555. The Hall–Kier alpha value is -1.57. The summed E-state index contributed by atoms with van der Waals surface area (Å²) in [5.41, 5.74) is -1.50. The highest BCUT2D eigenvalue weighted by molar-refractivity contribution is 5.43. The van der Waals surface area contributed by atoms with E-state index in [1.807, 2.05) is 13.8 Å². The van der Waals surface area contributed by atoms with Gasteiger partial charge in [0.2, 0.25) is 5.95 Å². The predicted octanol–water partition coefficient (Wildman–Crippen LogP) is 2.76. The van der Waals surface area contributed by atoms with Crippen LogP contribution in [0.3, 0.4) is 0 Å². The summed E-state index contributed by atoms with van der Waals surface area (Å²) >= 11 is 0. The van der Waals surface area contributed by atoms with Crippen molar-refractivity contribution in [3.8, 4) is 0 Å². The SMILES string of the molecule is CCNc1nc(NCC(C)(C)OC)cc(C(F)(F)F)n1. The van der Waals surface area contributed by atoms with Gasteiger partial charge in [0.15, 0.2) is 5.69 Å². The number of halogens is 3. The number of anilines is 2. The van der Waals surface area contributed by atoms with E-state index in [-0.39, 0.29) is 11.8 Å². The molecule has 0 aliphatic carbocycles. The third kappa shape index (κ3) is 4.84. The maximum atomic E-state index is 12.8. The predicted molar refractivity (Wildman–Crippen MR) is 70.8 cm³/mol. The lowest BCUT2D eigenvalue weighted by Crippen LogP contribution is -2.32. The fourth-order valence-electron chi connectivity index (χ4n) is 1.30. The Labute approximate surface area is 116 Å². The molecule has 0 aliphatic rings. The van der Waals surface area contributed by atoms with Crippen molar-refractivity contribution in [3.63, 3.8) is 0 Å². The third-order valence-electron chi connectivity index (χ3n) is 2.60. The van der Waals surface area contributed by atoms with Crippen LogP contribution in [0.25, 0.3) is 0 Å².